The summed E-state index contributed by atoms with van der Waals surface area (Å²) in [5, 5.41) is 0. The molecule has 0 saturated carbocycles. The van der Waals surface area contributed by atoms with E-state index in [4.69, 9.17) is 16.3 Å². The smallest absolute Gasteiger partial charge is 0.122 e. The highest BCUT2D eigenvalue weighted by molar-refractivity contribution is 6.17. The van der Waals surface area contributed by atoms with Gasteiger partial charge in [0.2, 0.25) is 0 Å². The molecule has 108 valence electrons. The molecule has 1 nitrogen and oxygen atoms in total. The van der Waals surface area contributed by atoms with E-state index >= 15 is 0 Å². The molecule has 1 rings (SSSR count). The highest BCUT2D eigenvalue weighted by Crippen LogP contribution is 2.27. The van der Waals surface area contributed by atoms with Crippen LogP contribution in [0.25, 0.3) is 0 Å². The van der Waals surface area contributed by atoms with Gasteiger partial charge in [-0.15, -0.1) is 11.6 Å². The molecule has 1 aromatic carbocycles. The maximum Gasteiger partial charge on any atom is 0.122 e. The lowest BCUT2D eigenvalue weighted by atomic mass is 9.86. The van der Waals surface area contributed by atoms with E-state index in [0.29, 0.717) is 0 Å². The second kappa shape index (κ2) is 7.79. The quantitative estimate of drug-likeness (QED) is 0.476. The zero-order valence-electron chi connectivity index (χ0n) is 12.8. The molecule has 0 unspecified atom stereocenters. The zero-order chi connectivity index (χ0) is 14.3. The van der Waals surface area contributed by atoms with Crippen LogP contribution >= 0.6 is 11.6 Å². The van der Waals surface area contributed by atoms with E-state index in [-0.39, 0.29) is 5.41 Å². The Morgan fingerprint density at radius 3 is 2.32 bits per heavy atom. The van der Waals surface area contributed by atoms with Gasteiger partial charge in [0.15, 0.2) is 0 Å². The first-order valence-corrected chi connectivity index (χ1v) is 7.78. The van der Waals surface area contributed by atoms with Gasteiger partial charge in [-0.2, -0.15) is 0 Å². The largest absolute Gasteiger partial charge is 0.493 e. The predicted octanol–water partition coefficient (Wildman–Crippen LogP) is 5.47. The lowest BCUT2D eigenvalue weighted by Gasteiger charge is -2.20. The molecule has 0 aliphatic carbocycles. The number of hydrogen-bond donors (Lipinski definition) is 0. The predicted molar refractivity (Wildman–Crippen MR) is 84.6 cm³/mol. The first-order chi connectivity index (χ1) is 8.95. The van der Waals surface area contributed by atoms with Gasteiger partial charge in [0.05, 0.1) is 6.61 Å². The van der Waals surface area contributed by atoms with Crippen LogP contribution in [0.2, 0.25) is 0 Å². The number of hydrogen-bond acceptors (Lipinski definition) is 1. The van der Waals surface area contributed by atoms with Gasteiger partial charge in [0, 0.05) is 5.88 Å². The molecule has 0 fully saturated rings. The van der Waals surface area contributed by atoms with Crippen LogP contribution in [0.3, 0.4) is 0 Å². The van der Waals surface area contributed by atoms with E-state index in [9.17, 15) is 0 Å². The standard InChI is InChI=1S/C17H27ClO/c1-14-13-15(17(2,3)4)9-10-16(14)19-12-8-6-5-7-11-18/h9-10,13H,5-8,11-12H2,1-4H3. The van der Waals surface area contributed by atoms with E-state index in [1.807, 2.05) is 0 Å². The van der Waals surface area contributed by atoms with Crippen molar-refractivity contribution in [1.29, 1.82) is 0 Å². The van der Waals surface area contributed by atoms with Crippen molar-refractivity contribution in [3.8, 4) is 5.75 Å². The van der Waals surface area contributed by atoms with Crippen molar-refractivity contribution in [3.05, 3.63) is 29.3 Å². The van der Waals surface area contributed by atoms with Gasteiger partial charge in [-0.3, -0.25) is 0 Å². The Hall–Kier alpha value is -0.690. The van der Waals surface area contributed by atoms with Crippen molar-refractivity contribution in [2.45, 2.75) is 58.8 Å². The fourth-order valence-electron chi connectivity index (χ4n) is 2.01. The number of ether oxygens (including phenoxy) is 1. The van der Waals surface area contributed by atoms with Crippen molar-refractivity contribution in [2.75, 3.05) is 12.5 Å². The number of halogens is 1. The third kappa shape index (κ3) is 5.86. The molecule has 1 aromatic rings. The minimum absolute atomic E-state index is 0.199. The van der Waals surface area contributed by atoms with Crippen LogP contribution in [0.4, 0.5) is 0 Å². The number of benzene rings is 1. The van der Waals surface area contributed by atoms with Crippen LogP contribution in [0.15, 0.2) is 18.2 Å². The van der Waals surface area contributed by atoms with Crippen LogP contribution in [-0.4, -0.2) is 12.5 Å². The second-order valence-corrected chi connectivity index (χ2v) is 6.56. The van der Waals surface area contributed by atoms with Gasteiger partial charge in [-0.25, -0.2) is 0 Å². The Morgan fingerprint density at radius 2 is 1.74 bits per heavy atom. The molecule has 0 spiro atoms. The first kappa shape index (κ1) is 16.4. The minimum Gasteiger partial charge on any atom is -0.493 e. The molecule has 2 heteroatoms. The fourth-order valence-corrected chi connectivity index (χ4v) is 2.20. The fraction of sp³-hybridized carbons (Fsp3) is 0.647. The average molecular weight is 283 g/mol. The topological polar surface area (TPSA) is 9.23 Å². The summed E-state index contributed by atoms with van der Waals surface area (Å²) < 4.78 is 5.85. The molecule has 0 aliphatic heterocycles. The van der Waals surface area contributed by atoms with Crippen LogP contribution in [0.1, 0.15) is 57.6 Å². The number of unbranched alkanes of at least 4 members (excludes halogenated alkanes) is 3. The van der Waals surface area contributed by atoms with Crippen LogP contribution in [0.5, 0.6) is 5.75 Å². The Bertz CT molecular complexity index is 379. The molecule has 19 heavy (non-hydrogen) atoms. The molecule has 0 atom stereocenters. The van der Waals surface area contributed by atoms with Crippen molar-refractivity contribution in [2.24, 2.45) is 0 Å². The highest BCUT2D eigenvalue weighted by atomic mass is 35.5. The lowest BCUT2D eigenvalue weighted by molar-refractivity contribution is 0.303. The first-order valence-electron chi connectivity index (χ1n) is 7.25. The summed E-state index contributed by atoms with van der Waals surface area (Å²) in [4.78, 5) is 0. The summed E-state index contributed by atoms with van der Waals surface area (Å²) in [7, 11) is 0. The van der Waals surface area contributed by atoms with Crippen LogP contribution in [0, 0.1) is 6.92 Å². The third-order valence-electron chi connectivity index (χ3n) is 3.33. The molecule has 0 aromatic heterocycles. The van der Waals surface area contributed by atoms with E-state index in [1.54, 1.807) is 0 Å². The van der Waals surface area contributed by atoms with E-state index in [0.717, 1.165) is 31.1 Å². The monoisotopic (exact) mass is 282 g/mol. The molecule has 0 bridgehead atoms. The normalized spacial score (nSPS) is 11.6. The Labute approximate surface area is 123 Å². The summed E-state index contributed by atoms with van der Waals surface area (Å²) in [5.74, 6) is 1.79. The average Bonchev–Trinajstić information content (AvgIpc) is 2.34. The Morgan fingerprint density at radius 1 is 1.05 bits per heavy atom. The van der Waals surface area contributed by atoms with Gasteiger partial charge < -0.3 is 4.74 Å². The minimum atomic E-state index is 0.199. The van der Waals surface area contributed by atoms with Crippen molar-refractivity contribution in [1.82, 2.24) is 0 Å². The second-order valence-electron chi connectivity index (χ2n) is 6.18. The van der Waals surface area contributed by atoms with Crippen molar-refractivity contribution >= 4 is 11.6 Å². The molecule has 0 saturated heterocycles. The molecule has 0 aliphatic rings. The SMILES string of the molecule is Cc1cc(C(C)(C)C)ccc1OCCCCCCCl. The summed E-state index contributed by atoms with van der Waals surface area (Å²) in [6.07, 6.45) is 4.62. The van der Waals surface area contributed by atoms with Crippen molar-refractivity contribution < 1.29 is 4.74 Å². The van der Waals surface area contributed by atoms with Gasteiger partial charge in [-0.05, 0) is 42.4 Å². The number of rotatable bonds is 7. The summed E-state index contributed by atoms with van der Waals surface area (Å²) in [6, 6.07) is 6.52. The van der Waals surface area contributed by atoms with Gasteiger partial charge >= 0.3 is 0 Å². The van der Waals surface area contributed by atoms with Crippen LogP contribution < -0.4 is 4.74 Å². The maximum absolute atomic E-state index is 5.85. The molecule has 0 N–H and O–H groups in total. The van der Waals surface area contributed by atoms with Gasteiger partial charge in [0.1, 0.15) is 5.75 Å². The maximum atomic E-state index is 5.85. The highest BCUT2D eigenvalue weighted by Gasteiger charge is 2.14. The molecule has 0 amide bonds. The van der Waals surface area contributed by atoms with Crippen LogP contribution in [-0.2, 0) is 5.41 Å². The van der Waals surface area contributed by atoms with Crippen molar-refractivity contribution in [3.63, 3.8) is 0 Å². The summed E-state index contributed by atoms with van der Waals surface area (Å²) in [6.45, 7) is 9.63. The molecular formula is C17H27ClO. The third-order valence-corrected chi connectivity index (χ3v) is 3.59. The Kier molecular flexibility index (Phi) is 6.71. The zero-order valence-corrected chi connectivity index (χ0v) is 13.5. The van der Waals surface area contributed by atoms with E-state index in [2.05, 4.69) is 45.9 Å². The van der Waals surface area contributed by atoms with Gasteiger partial charge in [-0.1, -0.05) is 45.7 Å². The molecule has 0 heterocycles. The van der Waals surface area contributed by atoms with E-state index in [1.165, 1.54) is 24.0 Å². The molecular weight excluding hydrogens is 256 g/mol. The molecule has 0 radical (unpaired) electrons. The number of aryl methyl sites for hydroxylation is 1. The summed E-state index contributed by atoms with van der Waals surface area (Å²) >= 11 is 5.65. The summed E-state index contributed by atoms with van der Waals surface area (Å²) in [5.41, 5.74) is 2.79. The van der Waals surface area contributed by atoms with E-state index < -0.39 is 0 Å². The van der Waals surface area contributed by atoms with Gasteiger partial charge in [0.25, 0.3) is 0 Å². The lowest BCUT2D eigenvalue weighted by Crippen LogP contribution is -2.11. The number of alkyl halides is 1. The Balaban J connectivity index is 2.43.